The van der Waals surface area contributed by atoms with E-state index >= 15 is 0 Å². The van der Waals surface area contributed by atoms with Crippen molar-refractivity contribution in [2.45, 2.75) is 74.6 Å². The number of rotatable bonds is 8. The molecular weight excluding hydrogens is 426 g/mol. The summed E-state index contributed by atoms with van der Waals surface area (Å²) in [5.74, 6) is 0.216. The number of fused-ring (bicyclic) bond motifs is 1. The van der Waals surface area contributed by atoms with Crippen LogP contribution in [0.15, 0.2) is 53.4 Å². The molecule has 178 valence electrons. The summed E-state index contributed by atoms with van der Waals surface area (Å²) in [6, 6.07) is 18.2. The second kappa shape index (κ2) is 11.0. The smallest absolute Gasteiger partial charge is 0.245 e. The predicted octanol–water partition coefficient (Wildman–Crippen LogP) is 6.37. The molecule has 1 fully saturated rings. The van der Waals surface area contributed by atoms with Gasteiger partial charge in [0.25, 0.3) is 0 Å². The first-order valence-electron chi connectivity index (χ1n) is 12.6. The number of likely N-dealkylation sites (tertiary alicyclic amines) is 1. The molecule has 0 spiro atoms. The van der Waals surface area contributed by atoms with Gasteiger partial charge in [0.05, 0.1) is 5.69 Å². The van der Waals surface area contributed by atoms with Gasteiger partial charge in [-0.3, -0.25) is 9.69 Å². The number of hydrogen-bond donors (Lipinski definition) is 0. The summed E-state index contributed by atoms with van der Waals surface area (Å²) in [5, 5.41) is -0.185. The van der Waals surface area contributed by atoms with Crippen LogP contribution in [0.25, 0.3) is 0 Å². The van der Waals surface area contributed by atoms with E-state index in [9.17, 15) is 4.79 Å². The molecule has 33 heavy (non-hydrogen) atoms. The quantitative estimate of drug-likeness (QED) is 0.424. The lowest BCUT2D eigenvalue weighted by Gasteiger charge is -2.39. The van der Waals surface area contributed by atoms with Crippen LogP contribution in [0.2, 0.25) is 0 Å². The van der Waals surface area contributed by atoms with Crippen molar-refractivity contribution in [3.8, 4) is 0 Å². The molecule has 2 aromatic rings. The summed E-state index contributed by atoms with van der Waals surface area (Å²) in [6.45, 7) is 6.73. The number of nitrogens with zero attached hydrogens (tertiary/aromatic N) is 3. The molecule has 1 amide bonds. The lowest BCUT2D eigenvalue weighted by atomic mass is 9.97. The average molecular weight is 466 g/mol. The maximum absolute atomic E-state index is 13.7. The van der Waals surface area contributed by atoms with Crippen LogP contribution in [0.1, 0.15) is 63.2 Å². The van der Waals surface area contributed by atoms with Gasteiger partial charge in [0.2, 0.25) is 5.91 Å². The Morgan fingerprint density at radius 3 is 2.42 bits per heavy atom. The summed E-state index contributed by atoms with van der Waals surface area (Å²) in [4.78, 5) is 21.7. The number of unbranched alkanes of at least 4 members (excludes halogenated alkanes) is 2. The molecule has 3 atom stereocenters. The molecule has 0 aromatic heterocycles. The molecule has 2 aromatic carbocycles. The van der Waals surface area contributed by atoms with Crippen LogP contribution in [-0.2, 0) is 4.79 Å². The van der Waals surface area contributed by atoms with Crippen LogP contribution in [0, 0.1) is 0 Å². The molecule has 0 radical (unpaired) electrons. The van der Waals surface area contributed by atoms with Crippen molar-refractivity contribution in [1.82, 2.24) is 4.90 Å². The Kier molecular flexibility index (Phi) is 8.02. The van der Waals surface area contributed by atoms with E-state index in [1.54, 1.807) is 11.8 Å². The Bertz CT molecular complexity index is 936. The monoisotopic (exact) mass is 465 g/mol. The fourth-order valence-corrected chi connectivity index (χ4v) is 6.50. The number of amides is 1. The number of thioether (sulfide) groups is 1. The lowest BCUT2D eigenvalue weighted by Crippen LogP contribution is -2.44. The normalized spacial score (nSPS) is 23.5. The molecule has 2 heterocycles. The molecule has 1 unspecified atom stereocenters. The second-order valence-corrected chi connectivity index (χ2v) is 11.0. The van der Waals surface area contributed by atoms with Crippen molar-refractivity contribution < 1.29 is 4.79 Å². The highest BCUT2D eigenvalue weighted by Gasteiger charge is 2.34. The maximum atomic E-state index is 13.7. The van der Waals surface area contributed by atoms with Crippen LogP contribution < -0.4 is 9.80 Å². The van der Waals surface area contributed by atoms with E-state index in [4.69, 9.17) is 0 Å². The molecule has 5 heteroatoms. The third kappa shape index (κ3) is 5.58. The molecule has 2 aliphatic heterocycles. The largest absolute Gasteiger partial charge is 0.378 e. The molecule has 0 aliphatic carbocycles. The highest BCUT2D eigenvalue weighted by molar-refractivity contribution is 8.00. The molecule has 4 nitrogen and oxygen atoms in total. The van der Waals surface area contributed by atoms with Gasteiger partial charge in [0.15, 0.2) is 0 Å². The topological polar surface area (TPSA) is 26.8 Å². The number of carbonyl (C=O) groups is 1. The Balaban J connectivity index is 1.41. The van der Waals surface area contributed by atoms with E-state index in [0.717, 1.165) is 36.3 Å². The number of anilines is 2. The maximum Gasteiger partial charge on any atom is 0.245 e. The first-order chi connectivity index (χ1) is 16.0. The SMILES string of the molecule is C[C@@H]1CCC[C@H](C)N1CCCCCN1C(=O)C(c2cccc(N(C)C)c2)Sc2ccccc21. The fourth-order valence-electron chi connectivity index (χ4n) is 5.28. The third-order valence-electron chi connectivity index (χ3n) is 7.25. The van der Waals surface area contributed by atoms with Gasteiger partial charge in [-0.2, -0.15) is 0 Å². The second-order valence-electron chi connectivity index (χ2n) is 9.87. The molecule has 2 aliphatic rings. The van der Waals surface area contributed by atoms with Crippen LogP contribution in [0.3, 0.4) is 0 Å². The van der Waals surface area contributed by atoms with Crippen molar-refractivity contribution in [1.29, 1.82) is 0 Å². The van der Waals surface area contributed by atoms with E-state index < -0.39 is 0 Å². The van der Waals surface area contributed by atoms with E-state index in [-0.39, 0.29) is 11.2 Å². The van der Waals surface area contributed by atoms with Gasteiger partial charge in [-0.1, -0.05) is 37.1 Å². The van der Waals surface area contributed by atoms with Crippen molar-refractivity contribution in [2.24, 2.45) is 0 Å². The number of benzene rings is 2. The van der Waals surface area contributed by atoms with Gasteiger partial charge in [-0.15, -0.1) is 11.8 Å². The van der Waals surface area contributed by atoms with E-state index in [1.807, 2.05) is 25.1 Å². The van der Waals surface area contributed by atoms with Crippen LogP contribution in [0.5, 0.6) is 0 Å². The van der Waals surface area contributed by atoms with Gasteiger partial charge < -0.3 is 9.80 Å². The van der Waals surface area contributed by atoms with Crippen molar-refractivity contribution in [3.63, 3.8) is 0 Å². The summed E-state index contributed by atoms with van der Waals surface area (Å²) < 4.78 is 0. The molecule has 4 rings (SSSR count). The van der Waals surface area contributed by atoms with Crippen LogP contribution in [-0.4, -0.2) is 50.1 Å². The predicted molar refractivity (Wildman–Crippen MR) is 141 cm³/mol. The van der Waals surface area contributed by atoms with E-state index in [2.05, 4.69) is 66.1 Å². The highest BCUT2D eigenvalue weighted by atomic mass is 32.2. The summed E-state index contributed by atoms with van der Waals surface area (Å²) in [7, 11) is 4.09. The van der Waals surface area contributed by atoms with Crippen molar-refractivity contribution >= 4 is 29.0 Å². The third-order valence-corrected chi connectivity index (χ3v) is 8.56. The first-order valence-corrected chi connectivity index (χ1v) is 13.4. The number of para-hydroxylation sites is 1. The fraction of sp³-hybridized carbons (Fsp3) is 0.536. The zero-order valence-electron chi connectivity index (χ0n) is 20.7. The van der Waals surface area contributed by atoms with E-state index in [1.165, 1.54) is 37.1 Å². The summed E-state index contributed by atoms with van der Waals surface area (Å²) >= 11 is 1.69. The zero-order chi connectivity index (χ0) is 23.4. The lowest BCUT2D eigenvalue weighted by molar-refractivity contribution is -0.118. The van der Waals surface area contributed by atoms with Crippen LogP contribution in [0.4, 0.5) is 11.4 Å². The van der Waals surface area contributed by atoms with Crippen LogP contribution >= 0.6 is 11.8 Å². The van der Waals surface area contributed by atoms with Gasteiger partial charge in [0, 0.05) is 43.3 Å². The molecule has 1 saturated heterocycles. The van der Waals surface area contributed by atoms with Gasteiger partial charge >= 0.3 is 0 Å². The number of hydrogen-bond acceptors (Lipinski definition) is 4. The van der Waals surface area contributed by atoms with Gasteiger partial charge in [-0.05, 0) is 75.9 Å². The summed E-state index contributed by atoms with van der Waals surface area (Å²) in [5.41, 5.74) is 3.29. The van der Waals surface area contributed by atoms with Gasteiger partial charge in [-0.25, -0.2) is 0 Å². The standard InChI is InChI=1S/C28H39N3OS/c1-21-12-10-13-22(2)30(21)18-8-5-9-19-31-25-16-6-7-17-26(25)33-27(28(31)32)23-14-11-15-24(20-23)29(3)4/h6-7,11,14-17,20-22,27H,5,8-10,12-13,18-19H2,1-4H3/t21-,22+,27?. The van der Waals surface area contributed by atoms with Crippen molar-refractivity contribution in [3.05, 3.63) is 54.1 Å². The Hall–Kier alpha value is -1.98. The Morgan fingerprint density at radius 1 is 0.939 bits per heavy atom. The minimum Gasteiger partial charge on any atom is -0.378 e. The zero-order valence-corrected chi connectivity index (χ0v) is 21.5. The summed E-state index contributed by atoms with van der Waals surface area (Å²) in [6.07, 6.45) is 7.45. The Morgan fingerprint density at radius 2 is 1.67 bits per heavy atom. The van der Waals surface area contributed by atoms with Crippen molar-refractivity contribution in [2.75, 3.05) is 37.0 Å². The highest BCUT2D eigenvalue weighted by Crippen LogP contribution is 2.46. The molecule has 0 bridgehead atoms. The minimum atomic E-state index is -0.185. The molecule has 0 N–H and O–H groups in total. The number of piperidine rings is 1. The molecular formula is C28H39N3OS. The average Bonchev–Trinajstić information content (AvgIpc) is 2.81. The van der Waals surface area contributed by atoms with E-state index in [0.29, 0.717) is 12.1 Å². The molecule has 0 saturated carbocycles. The minimum absolute atomic E-state index is 0.185. The van der Waals surface area contributed by atoms with Gasteiger partial charge in [0.1, 0.15) is 5.25 Å². The first kappa shape index (κ1) is 24.2. The number of carbonyl (C=O) groups excluding carboxylic acids is 1. The Labute approximate surface area is 204 Å².